The number of carbonyl (C=O) groups excluding carboxylic acids is 1. The third kappa shape index (κ3) is 4.04. The van der Waals surface area contributed by atoms with E-state index in [0.717, 1.165) is 20.6 Å². The summed E-state index contributed by atoms with van der Waals surface area (Å²) in [7, 11) is 0. The zero-order valence-corrected chi connectivity index (χ0v) is 13.0. The van der Waals surface area contributed by atoms with Crippen LogP contribution in [0, 0.1) is 6.92 Å². The number of hydrogen-bond donors (Lipinski definition) is 1. The molecule has 1 amide bonds. The average molecular weight is 335 g/mol. The van der Waals surface area contributed by atoms with Crippen molar-refractivity contribution in [2.75, 3.05) is 13.1 Å². The molecule has 0 saturated carbocycles. The molecule has 0 radical (unpaired) electrons. The summed E-state index contributed by atoms with van der Waals surface area (Å²) in [6.07, 6.45) is 0.889. The molecule has 1 rings (SSSR count). The second-order valence-corrected chi connectivity index (χ2v) is 6.65. The molecule has 1 aromatic rings. The Morgan fingerprint density at radius 1 is 1.65 bits per heavy atom. The van der Waals surface area contributed by atoms with Gasteiger partial charge in [0.05, 0.1) is 20.2 Å². The smallest absolute Gasteiger partial charge is 0.264 e. The average Bonchev–Trinajstić information content (AvgIpc) is 2.57. The van der Waals surface area contributed by atoms with E-state index >= 15 is 0 Å². The molecule has 1 heterocycles. The number of thiocarbonyl (C=S) groups is 1. The molecule has 6 heteroatoms. The van der Waals surface area contributed by atoms with Crippen LogP contribution in [-0.2, 0) is 0 Å². The Morgan fingerprint density at radius 3 is 2.71 bits per heavy atom. The summed E-state index contributed by atoms with van der Waals surface area (Å²) in [5.74, 6) is -0.00144. The van der Waals surface area contributed by atoms with Crippen molar-refractivity contribution in [3.05, 3.63) is 20.3 Å². The SMILES string of the molecule is CCCN(CC(N)=S)C(=O)c1cc(C)c(Br)s1. The van der Waals surface area contributed by atoms with Crippen LogP contribution in [0.1, 0.15) is 28.6 Å². The number of amides is 1. The summed E-state index contributed by atoms with van der Waals surface area (Å²) < 4.78 is 0.993. The number of nitrogens with zero attached hydrogens (tertiary/aromatic N) is 1. The van der Waals surface area contributed by atoms with Crippen LogP contribution in [0.3, 0.4) is 0 Å². The van der Waals surface area contributed by atoms with E-state index in [9.17, 15) is 4.79 Å². The van der Waals surface area contributed by atoms with Gasteiger partial charge in [-0.2, -0.15) is 0 Å². The summed E-state index contributed by atoms with van der Waals surface area (Å²) in [6.45, 7) is 5.01. The largest absolute Gasteiger partial charge is 0.392 e. The maximum atomic E-state index is 12.2. The van der Waals surface area contributed by atoms with Crippen molar-refractivity contribution in [3.63, 3.8) is 0 Å². The van der Waals surface area contributed by atoms with E-state index in [0.29, 0.717) is 18.1 Å². The highest BCUT2D eigenvalue weighted by atomic mass is 79.9. The molecule has 0 aliphatic carbocycles. The van der Waals surface area contributed by atoms with E-state index < -0.39 is 0 Å². The van der Waals surface area contributed by atoms with Crippen molar-refractivity contribution in [1.29, 1.82) is 0 Å². The predicted octanol–water partition coefficient (Wildman–Crippen LogP) is 2.96. The van der Waals surface area contributed by atoms with Crippen molar-refractivity contribution >= 4 is 50.4 Å². The molecule has 0 aliphatic rings. The summed E-state index contributed by atoms with van der Waals surface area (Å²) in [5, 5.41) is 0. The Hall–Kier alpha value is -0.460. The lowest BCUT2D eigenvalue weighted by Crippen LogP contribution is -2.37. The van der Waals surface area contributed by atoms with E-state index in [2.05, 4.69) is 15.9 Å². The molecule has 0 bridgehead atoms. The second kappa shape index (κ2) is 6.47. The van der Waals surface area contributed by atoms with Crippen LogP contribution in [-0.4, -0.2) is 28.9 Å². The van der Waals surface area contributed by atoms with Gasteiger partial charge in [-0.05, 0) is 40.9 Å². The molecule has 0 fully saturated rings. The molecule has 3 nitrogen and oxygen atoms in total. The fraction of sp³-hybridized carbons (Fsp3) is 0.455. The zero-order valence-electron chi connectivity index (χ0n) is 9.83. The molecular formula is C11H15BrN2OS2. The highest BCUT2D eigenvalue weighted by Crippen LogP contribution is 2.28. The number of carbonyl (C=O) groups is 1. The van der Waals surface area contributed by atoms with Gasteiger partial charge in [0.25, 0.3) is 5.91 Å². The number of aryl methyl sites for hydroxylation is 1. The molecule has 2 N–H and O–H groups in total. The third-order valence-corrected chi connectivity index (χ3v) is 4.45. The van der Waals surface area contributed by atoms with Gasteiger partial charge in [0, 0.05) is 6.54 Å². The zero-order chi connectivity index (χ0) is 13.0. The Kier molecular flexibility index (Phi) is 5.55. The van der Waals surface area contributed by atoms with Gasteiger partial charge >= 0.3 is 0 Å². The van der Waals surface area contributed by atoms with Gasteiger partial charge in [-0.3, -0.25) is 4.79 Å². The monoisotopic (exact) mass is 334 g/mol. The number of nitrogens with two attached hydrogens (primary N) is 1. The minimum Gasteiger partial charge on any atom is -0.392 e. The fourth-order valence-electron chi connectivity index (χ4n) is 1.43. The van der Waals surface area contributed by atoms with Gasteiger partial charge in [-0.1, -0.05) is 19.1 Å². The highest BCUT2D eigenvalue weighted by molar-refractivity contribution is 9.11. The summed E-state index contributed by atoms with van der Waals surface area (Å²) >= 11 is 9.73. The van der Waals surface area contributed by atoms with E-state index in [1.165, 1.54) is 11.3 Å². The normalized spacial score (nSPS) is 10.3. The first kappa shape index (κ1) is 14.6. The quantitative estimate of drug-likeness (QED) is 0.842. The molecule has 0 spiro atoms. The Morgan fingerprint density at radius 2 is 2.29 bits per heavy atom. The first-order chi connectivity index (χ1) is 7.95. The van der Waals surface area contributed by atoms with Gasteiger partial charge in [0.1, 0.15) is 0 Å². The van der Waals surface area contributed by atoms with Crippen LogP contribution in [0.4, 0.5) is 0 Å². The number of hydrogen-bond acceptors (Lipinski definition) is 3. The van der Waals surface area contributed by atoms with E-state index in [1.807, 2.05) is 19.9 Å². The molecule has 1 aromatic heterocycles. The van der Waals surface area contributed by atoms with E-state index in [-0.39, 0.29) is 5.91 Å². The van der Waals surface area contributed by atoms with E-state index in [4.69, 9.17) is 18.0 Å². The van der Waals surface area contributed by atoms with Crippen molar-refractivity contribution in [1.82, 2.24) is 4.90 Å². The topological polar surface area (TPSA) is 46.3 Å². The minimum absolute atomic E-state index is 0.00144. The first-order valence-electron chi connectivity index (χ1n) is 5.29. The van der Waals surface area contributed by atoms with Gasteiger partial charge in [-0.25, -0.2) is 0 Å². The first-order valence-corrected chi connectivity index (χ1v) is 7.31. The highest BCUT2D eigenvalue weighted by Gasteiger charge is 2.18. The maximum absolute atomic E-state index is 12.2. The van der Waals surface area contributed by atoms with Crippen LogP contribution in [0.5, 0.6) is 0 Å². The summed E-state index contributed by atoms with van der Waals surface area (Å²) in [4.78, 5) is 15.0. The molecule has 17 heavy (non-hydrogen) atoms. The van der Waals surface area contributed by atoms with Crippen molar-refractivity contribution in [2.24, 2.45) is 5.73 Å². The van der Waals surface area contributed by atoms with E-state index in [1.54, 1.807) is 4.90 Å². The lowest BCUT2D eigenvalue weighted by molar-refractivity contribution is 0.0784. The summed E-state index contributed by atoms with van der Waals surface area (Å²) in [6, 6.07) is 1.89. The van der Waals surface area contributed by atoms with Gasteiger partial charge in [0.2, 0.25) is 0 Å². The molecule has 0 aliphatic heterocycles. The van der Waals surface area contributed by atoms with Crippen LogP contribution >= 0.6 is 39.5 Å². The standard InChI is InChI=1S/C11H15BrN2OS2/c1-3-4-14(6-9(13)16)11(15)8-5-7(2)10(12)17-8/h5H,3-4,6H2,1-2H3,(H2,13,16). The van der Waals surface area contributed by atoms with Gasteiger partial charge in [0.15, 0.2) is 0 Å². The van der Waals surface area contributed by atoms with Gasteiger partial charge < -0.3 is 10.6 Å². The Bertz CT molecular complexity index is 412. The Labute approximate surface area is 119 Å². The number of thiophene rings is 1. The fourth-order valence-corrected chi connectivity index (χ4v) is 3.09. The molecule has 0 aromatic carbocycles. The molecule has 94 valence electrons. The summed E-state index contributed by atoms with van der Waals surface area (Å²) in [5.41, 5.74) is 6.58. The Balaban J connectivity index is 2.87. The van der Waals surface area contributed by atoms with Crippen LogP contribution in [0.15, 0.2) is 9.85 Å². The van der Waals surface area contributed by atoms with Crippen LogP contribution in [0.2, 0.25) is 0 Å². The number of rotatable bonds is 5. The lowest BCUT2D eigenvalue weighted by atomic mass is 10.3. The van der Waals surface area contributed by atoms with Crippen LogP contribution in [0.25, 0.3) is 0 Å². The predicted molar refractivity (Wildman–Crippen MR) is 79.7 cm³/mol. The number of halogens is 1. The van der Waals surface area contributed by atoms with Crippen LogP contribution < -0.4 is 5.73 Å². The van der Waals surface area contributed by atoms with Crippen molar-refractivity contribution < 1.29 is 4.79 Å². The minimum atomic E-state index is -0.00144. The lowest BCUT2D eigenvalue weighted by Gasteiger charge is -2.20. The van der Waals surface area contributed by atoms with Crippen molar-refractivity contribution in [2.45, 2.75) is 20.3 Å². The van der Waals surface area contributed by atoms with Gasteiger partial charge in [-0.15, -0.1) is 11.3 Å². The molecular weight excluding hydrogens is 320 g/mol. The molecule has 0 unspecified atom stereocenters. The van der Waals surface area contributed by atoms with Crippen molar-refractivity contribution in [3.8, 4) is 0 Å². The maximum Gasteiger partial charge on any atom is 0.264 e. The second-order valence-electron chi connectivity index (χ2n) is 3.76. The third-order valence-electron chi connectivity index (χ3n) is 2.20. The molecule has 0 atom stereocenters. The molecule has 0 saturated heterocycles.